The number of para-hydroxylation sites is 2. The van der Waals surface area contributed by atoms with Gasteiger partial charge in [0.05, 0.1) is 12.0 Å². The summed E-state index contributed by atoms with van der Waals surface area (Å²) < 4.78 is 21.2. The molecule has 3 aromatic heterocycles. The van der Waals surface area contributed by atoms with Gasteiger partial charge in [-0.3, -0.25) is 0 Å². The molecule has 0 saturated heterocycles. The summed E-state index contributed by atoms with van der Waals surface area (Å²) in [6.07, 6.45) is 2.59. The number of oxazole rings is 1. The first kappa shape index (κ1) is 20.1. The SMILES string of the molecule is CCOC(=O)c1c(C)oc2nc(COC(=O)/C=C/c3nc4ccccc4o3)nc(N)c12. The summed E-state index contributed by atoms with van der Waals surface area (Å²) in [5, 5.41) is 0.266. The van der Waals surface area contributed by atoms with Crippen molar-refractivity contribution in [2.75, 3.05) is 12.3 Å². The van der Waals surface area contributed by atoms with Crippen molar-refractivity contribution in [3.8, 4) is 0 Å². The summed E-state index contributed by atoms with van der Waals surface area (Å²) in [5.41, 5.74) is 7.58. The minimum Gasteiger partial charge on any atom is -0.462 e. The zero-order valence-electron chi connectivity index (χ0n) is 16.7. The number of hydrogen-bond acceptors (Lipinski definition) is 10. The molecule has 0 unspecified atom stereocenters. The Labute approximate surface area is 175 Å². The van der Waals surface area contributed by atoms with Gasteiger partial charge in [-0.1, -0.05) is 12.1 Å². The molecule has 4 rings (SSSR count). The number of furan rings is 1. The van der Waals surface area contributed by atoms with Crippen molar-refractivity contribution in [1.29, 1.82) is 0 Å². The lowest BCUT2D eigenvalue weighted by molar-refractivity contribution is -0.139. The van der Waals surface area contributed by atoms with Crippen LogP contribution in [0.1, 0.15) is 34.8 Å². The number of benzene rings is 1. The Morgan fingerprint density at radius 1 is 1.13 bits per heavy atom. The zero-order valence-corrected chi connectivity index (χ0v) is 16.7. The highest BCUT2D eigenvalue weighted by atomic mass is 16.5. The minimum atomic E-state index is -0.646. The van der Waals surface area contributed by atoms with Crippen LogP contribution in [-0.4, -0.2) is 33.5 Å². The van der Waals surface area contributed by atoms with E-state index in [2.05, 4.69) is 15.0 Å². The molecule has 0 spiro atoms. The van der Waals surface area contributed by atoms with E-state index in [4.69, 9.17) is 24.0 Å². The lowest BCUT2D eigenvalue weighted by atomic mass is 10.2. The van der Waals surface area contributed by atoms with Crippen LogP contribution in [0.2, 0.25) is 0 Å². The third kappa shape index (κ3) is 4.08. The molecule has 0 aliphatic rings. The van der Waals surface area contributed by atoms with Gasteiger partial charge in [0.1, 0.15) is 22.7 Å². The van der Waals surface area contributed by atoms with E-state index in [0.717, 1.165) is 0 Å². The highest BCUT2D eigenvalue weighted by Crippen LogP contribution is 2.29. The van der Waals surface area contributed by atoms with Crippen molar-refractivity contribution in [3.05, 3.63) is 53.4 Å². The fraction of sp³-hybridized carbons (Fsp3) is 0.190. The summed E-state index contributed by atoms with van der Waals surface area (Å²) in [4.78, 5) is 36.7. The zero-order chi connectivity index (χ0) is 22.0. The van der Waals surface area contributed by atoms with Crippen LogP contribution in [0.3, 0.4) is 0 Å². The van der Waals surface area contributed by atoms with Crippen molar-refractivity contribution in [2.24, 2.45) is 0 Å². The third-order valence-electron chi connectivity index (χ3n) is 4.30. The van der Waals surface area contributed by atoms with E-state index in [-0.39, 0.29) is 47.4 Å². The maximum atomic E-state index is 12.2. The number of nitrogens with two attached hydrogens (primary N) is 1. The fourth-order valence-corrected chi connectivity index (χ4v) is 2.98. The minimum absolute atomic E-state index is 0.0259. The first-order chi connectivity index (χ1) is 15.0. The quantitative estimate of drug-likeness (QED) is 0.363. The highest BCUT2D eigenvalue weighted by molar-refractivity contribution is 6.07. The second kappa shape index (κ2) is 8.27. The van der Waals surface area contributed by atoms with Gasteiger partial charge in [0.25, 0.3) is 0 Å². The monoisotopic (exact) mass is 422 g/mol. The number of aromatic nitrogens is 3. The van der Waals surface area contributed by atoms with E-state index < -0.39 is 11.9 Å². The molecule has 0 fully saturated rings. The topological polar surface area (TPSA) is 144 Å². The molecule has 0 aliphatic carbocycles. The molecule has 10 heteroatoms. The number of fused-ring (bicyclic) bond motifs is 2. The van der Waals surface area contributed by atoms with E-state index >= 15 is 0 Å². The van der Waals surface area contributed by atoms with Crippen molar-refractivity contribution in [2.45, 2.75) is 20.5 Å². The number of carbonyl (C=O) groups excluding carboxylic acids is 2. The standard InChI is InChI=1S/C21H18N4O6/c1-3-28-21(27)17-11(2)30-20-18(17)19(22)24-14(25-20)10-29-16(26)9-8-15-23-12-6-4-5-7-13(12)31-15/h4-9H,3,10H2,1-2H3,(H2,22,24,25)/b9-8+. The van der Waals surface area contributed by atoms with Gasteiger partial charge in [-0.25, -0.2) is 19.6 Å². The number of carbonyl (C=O) groups is 2. The van der Waals surface area contributed by atoms with Crippen molar-refractivity contribution >= 4 is 46.0 Å². The first-order valence-electron chi connectivity index (χ1n) is 9.39. The van der Waals surface area contributed by atoms with E-state index in [1.165, 1.54) is 12.2 Å². The summed E-state index contributed by atoms with van der Waals surface area (Å²) in [7, 11) is 0. The van der Waals surface area contributed by atoms with Crippen LogP contribution in [0.4, 0.5) is 5.82 Å². The predicted octanol–water partition coefficient (Wildman–Crippen LogP) is 3.19. The Bertz CT molecular complexity index is 1290. The highest BCUT2D eigenvalue weighted by Gasteiger charge is 2.24. The smallest absolute Gasteiger partial charge is 0.342 e. The molecule has 31 heavy (non-hydrogen) atoms. The summed E-state index contributed by atoms with van der Waals surface area (Å²) in [6.45, 7) is 3.26. The number of nitrogen functional groups attached to an aromatic ring is 1. The molecule has 1 aromatic carbocycles. The Morgan fingerprint density at radius 3 is 2.71 bits per heavy atom. The Kier molecular flexibility index (Phi) is 5.35. The van der Waals surface area contributed by atoms with E-state index in [1.807, 2.05) is 12.1 Å². The molecule has 10 nitrogen and oxygen atoms in total. The number of hydrogen-bond donors (Lipinski definition) is 1. The second-order valence-corrected chi connectivity index (χ2v) is 6.42. The maximum absolute atomic E-state index is 12.2. The molecule has 0 aliphatic heterocycles. The Hall–Kier alpha value is -4.21. The van der Waals surface area contributed by atoms with Crippen LogP contribution in [0, 0.1) is 6.92 Å². The van der Waals surface area contributed by atoms with Gasteiger partial charge >= 0.3 is 11.9 Å². The Balaban J connectivity index is 1.47. The van der Waals surface area contributed by atoms with Crippen molar-refractivity contribution in [1.82, 2.24) is 15.0 Å². The predicted molar refractivity (Wildman–Crippen MR) is 110 cm³/mol. The summed E-state index contributed by atoms with van der Waals surface area (Å²) in [6, 6.07) is 7.25. The molecule has 2 N–H and O–H groups in total. The summed E-state index contributed by atoms with van der Waals surface area (Å²) in [5.74, 6) is -0.483. The average Bonchev–Trinajstić information content (AvgIpc) is 3.31. The van der Waals surface area contributed by atoms with Crippen LogP contribution >= 0.6 is 0 Å². The molecule has 0 saturated carbocycles. The fourth-order valence-electron chi connectivity index (χ4n) is 2.98. The molecule has 0 amide bonds. The summed E-state index contributed by atoms with van der Waals surface area (Å²) >= 11 is 0. The van der Waals surface area contributed by atoms with Gasteiger partial charge in [-0.05, 0) is 26.0 Å². The average molecular weight is 422 g/mol. The normalized spacial score (nSPS) is 11.4. The number of ether oxygens (including phenoxy) is 2. The molecular weight excluding hydrogens is 404 g/mol. The van der Waals surface area contributed by atoms with Gasteiger partial charge in [0.15, 0.2) is 18.0 Å². The van der Waals surface area contributed by atoms with Crippen LogP contribution < -0.4 is 5.73 Å². The largest absolute Gasteiger partial charge is 0.462 e. The van der Waals surface area contributed by atoms with Gasteiger partial charge in [0, 0.05) is 12.2 Å². The number of rotatable bonds is 6. The van der Waals surface area contributed by atoms with Gasteiger partial charge < -0.3 is 24.0 Å². The van der Waals surface area contributed by atoms with Crippen LogP contribution in [-0.2, 0) is 20.9 Å². The number of aryl methyl sites for hydroxylation is 1. The lowest BCUT2D eigenvalue weighted by Crippen LogP contribution is -2.09. The number of esters is 2. The molecular formula is C21H18N4O6. The van der Waals surface area contributed by atoms with Crippen LogP contribution in [0.25, 0.3) is 28.3 Å². The van der Waals surface area contributed by atoms with E-state index in [1.54, 1.807) is 26.0 Å². The van der Waals surface area contributed by atoms with E-state index in [0.29, 0.717) is 16.9 Å². The lowest BCUT2D eigenvalue weighted by Gasteiger charge is -2.04. The molecule has 158 valence electrons. The van der Waals surface area contributed by atoms with Gasteiger partial charge in [-0.15, -0.1) is 0 Å². The maximum Gasteiger partial charge on any atom is 0.342 e. The molecule has 4 aromatic rings. The van der Waals surface area contributed by atoms with Crippen molar-refractivity contribution < 1.29 is 27.9 Å². The molecule has 0 atom stereocenters. The van der Waals surface area contributed by atoms with Crippen molar-refractivity contribution in [3.63, 3.8) is 0 Å². The second-order valence-electron chi connectivity index (χ2n) is 6.42. The van der Waals surface area contributed by atoms with Crippen LogP contribution in [0.15, 0.2) is 39.2 Å². The van der Waals surface area contributed by atoms with Gasteiger partial charge in [-0.2, -0.15) is 4.98 Å². The van der Waals surface area contributed by atoms with Gasteiger partial charge in [0.2, 0.25) is 11.6 Å². The molecule has 0 radical (unpaired) electrons. The van der Waals surface area contributed by atoms with Crippen LogP contribution in [0.5, 0.6) is 0 Å². The molecule has 3 heterocycles. The van der Waals surface area contributed by atoms with E-state index in [9.17, 15) is 9.59 Å². The number of anilines is 1. The third-order valence-corrected chi connectivity index (χ3v) is 4.30. The Morgan fingerprint density at radius 2 is 1.94 bits per heavy atom. The first-order valence-corrected chi connectivity index (χ1v) is 9.39. The number of nitrogens with zero attached hydrogens (tertiary/aromatic N) is 3. The molecule has 0 bridgehead atoms.